The summed E-state index contributed by atoms with van der Waals surface area (Å²) in [5, 5.41) is 2.91. The molecular formula is C11H14SSi. The summed E-state index contributed by atoms with van der Waals surface area (Å²) in [5.41, 5.74) is 3.17. The minimum Gasteiger partial charge on any atom is -0.120 e. The molecule has 0 amide bonds. The third-order valence-corrected chi connectivity index (χ3v) is 2.50. The molecule has 0 fully saturated rings. The standard InChI is InChI=1S/C11H14SSi/c1-5-6-9-12-10-7-8-11-13(2,3)4/h1H,6,9H2,2-4H3. The summed E-state index contributed by atoms with van der Waals surface area (Å²) in [4.78, 5) is 0. The molecule has 0 aromatic carbocycles. The molecule has 0 aromatic heterocycles. The summed E-state index contributed by atoms with van der Waals surface area (Å²) in [6, 6.07) is 0. The van der Waals surface area contributed by atoms with E-state index >= 15 is 0 Å². The van der Waals surface area contributed by atoms with Gasteiger partial charge in [-0.2, -0.15) is 0 Å². The fraction of sp³-hybridized carbons (Fsp3) is 0.455. The highest BCUT2D eigenvalue weighted by Gasteiger charge is 2.06. The summed E-state index contributed by atoms with van der Waals surface area (Å²) in [7, 11) is -1.24. The van der Waals surface area contributed by atoms with Crippen LogP contribution in [0.25, 0.3) is 0 Å². The lowest BCUT2D eigenvalue weighted by Crippen LogP contribution is -2.16. The van der Waals surface area contributed by atoms with Gasteiger partial charge in [0.15, 0.2) is 0 Å². The van der Waals surface area contributed by atoms with Crippen LogP contribution in [0.2, 0.25) is 19.6 Å². The molecule has 0 aliphatic carbocycles. The van der Waals surface area contributed by atoms with Crippen molar-refractivity contribution in [3.8, 4) is 35.0 Å². The van der Waals surface area contributed by atoms with Crippen LogP contribution in [0.1, 0.15) is 6.42 Å². The average Bonchev–Trinajstić information content (AvgIpc) is 2.01. The number of terminal acetylenes is 1. The molecule has 0 nitrogen and oxygen atoms in total. The summed E-state index contributed by atoms with van der Waals surface area (Å²) < 4.78 is 0. The topological polar surface area (TPSA) is 0 Å². The van der Waals surface area contributed by atoms with E-state index in [0.29, 0.717) is 0 Å². The van der Waals surface area contributed by atoms with Crippen molar-refractivity contribution < 1.29 is 0 Å². The Morgan fingerprint density at radius 2 is 1.92 bits per heavy atom. The molecule has 0 unspecified atom stereocenters. The van der Waals surface area contributed by atoms with Gasteiger partial charge in [-0.05, 0) is 17.1 Å². The first-order valence-electron chi connectivity index (χ1n) is 4.14. The predicted molar refractivity (Wildman–Crippen MR) is 64.8 cm³/mol. The minimum atomic E-state index is -1.24. The van der Waals surface area contributed by atoms with Gasteiger partial charge < -0.3 is 0 Å². The van der Waals surface area contributed by atoms with Crippen molar-refractivity contribution in [3.63, 3.8) is 0 Å². The number of rotatable bonds is 2. The van der Waals surface area contributed by atoms with Crippen molar-refractivity contribution in [2.75, 3.05) is 5.75 Å². The van der Waals surface area contributed by atoms with Crippen LogP contribution in [0.5, 0.6) is 0 Å². The van der Waals surface area contributed by atoms with E-state index in [-0.39, 0.29) is 0 Å². The molecule has 68 valence electrons. The second-order valence-corrected chi connectivity index (χ2v) is 9.18. The number of thioether (sulfide) groups is 1. The highest BCUT2D eigenvalue weighted by atomic mass is 32.2. The van der Waals surface area contributed by atoms with Crippen molar-refractivity contribution in [2.24, 2.45) is 0 Å². The summed E-state index contributed by atoms with van der Waals surface area (Å²) in [6.45, 7) is 6.60. The normalized spacial score (nSPS) is 8.77. The first-order chi connectivity index (χ1) is 6.06. The maximum absolute atomic E-state index is 5.09. The zero-order chi connectivity index (χ0) is 10.2. The van der Waals surface area contributed by atoms with Crippen LogP contribution in [-0.4, -0.2) is 13.8 Å². The molecule has 0 radical (unpaired) electrons. The maximum Gasteiger partial charge on any atom is 0.130 e. The van der Waals surface area contributed by atoms with Crippen LogP contribution in [0, 0.1) is 35.0 Å². The number of hydrogen-bond acceptors (Lipinski definition) is 1. The van der Waals surface area contributed by atoms with E-state index < -0.39 is 8.07 Å². The lowest BCUT2D eigenvalue weighted by molar-refractivity contribution is 1.31. The van der Waals surface area contributed by atoms with Gasteiger partial charge in [-0.3, -0.25) is 0 Å². The summed E-state index contributed by atoms with van der Waals surface area (Å²) in [6.07, 6.45) is 5.87. The largest absolute Gasteiger partial charge is 0.130 e. The van der Waals surface area contributed by atoms with E-state index in [2.05, 4.69) is 48.2 Å². The first kappa shape index (κ1) is 12.2. The molecule has 0 aliphatic rings. The Bertz CT molecular complexity index is 295. The Balaban J connectivity index is 3.73. The Morgan fingerprint density at radius 1 is 1.23 bits per heavy atom. The van der Waals surface area contributed by atoms with Gasteiger partial charge in [-0.25, -0.2) is 0 Å². The predicted octanol–water partition coefficient (Wildman–Crippen LogP) is 2.58. The molecule has 13 heavy (non-hydrogen) atoms. The van der Waals surface area contributed by atoms with Gasteiger partial charge in [0.1, 0.15) is 8.07 Å². The third kappa shape index (κ3) is 11.2. The quantitative estimate of drug-likeness (QED) is 0.380. The van der Waals surface area contributed by atoms with Crippen molar-refractivity contribution in [1.82, 2.24) is 0 Å². The first-order valence-corrected chi connectivity index (χ1v) is 8.62. The third-order valence-electron chi connectivity index (χ3n) is 0.972. The zero-order valence-electron chi connectivity index (χ0n) is 8.40. The minimum absolute atomic E-state index is 0.779. The van der Waals surface area contributed by atoms with Gasteiger partial charge in [0.2, 0.25) is 0 Å². The van der Waals surface area contributed by atoms with Crippen molar-refractivity contribution in [2.45, 2.75) is 26.1 Å². The highest BCUT2D eigenvalue weighted by molar-refractivity contribution is 8.03. The van der Waals surface area contributed by atoms with Gasteiger partial charge in [0.25, 0.3) is 0 Å². The van der Waals surface area contributed by atoms with Crippen LogP contribution in [0.4, 0.5) is 0 Å². The molecule has 0 saturated heterocycles. The van der Waals surface area contributed by atoms with E-state index in [1.165, 1.54) is 11.8 Å². The molecule has 0 bridgehead atoms. The lowest BCUT2D eigenvalue weighted by Gasteiger charge is -2.01. The lowest BCUT2D eigenvalue weighted by atomic mass is 10.5. The van der Waals surface area contributed by atoms with Crippen LogP contribution in [-0.2, 0) is 0 Å². The van der Waals surface area contributed by atoms with Gasteiger partial charge in [-0.15, -0.1) is 17.9 Å². The van der Waals surface area contributed by atoms with Crippen molar-refractivity contribution >= 4 is 19.8 Å². The van der Waals surface area contributed by atoms with Crippen LogP contribution in [0.3, 0.4) is 0 Å². The van der Waals surface area contributed by atoms with Crippen LogP contribution >= 0.6 is 11.8 Å². The second-order valence-electron chi connectivity index (χ2n) is 3.53. The molecule has 0 N–H and O–H groups in total. The van der Waals surface area contributed by atoms with Crippen molar-refractivity contribution in [1.29, 1.82) is 0 Å². The van der Waals surface area contributed by atoms with Crippen molar-refractivity contribution in [3.05, 3.63) is 0 Å². The molecule has 0 rings (SSSR count). The van der Waals surface area contributed by atoms with E-state index in [1.807, 2.05) is 0 Å². The average molecular weight is 206 g/mol. The molecule has 0 heterocycles. The molecule has 0 saturated carbocycles. The maximum atomic E-state index is 5.09. The van der Waals surface area contributed by atoms with Crippen LogP contribution < -0.4 is 0 Å². The molecule has 0 atom stereocenters. The summed E-state index contributed by atoms with van der Waals surface area (Å²) >= 11 is 1.54. The monoisotopic (exact) mass is 206 g/mol. The Labute approximate surface area is 86.9 Å². The smallest absolute Gasteiger partial charge is 0.120 e. The summed E-state index contributed by atoms with van der Waals surface area (Å²) in [5.74, 6) is 9.17. The Kier molecular flexibility index (Phi) is 6.34. The van der Waals surface area contributed by atoms with Gasteiger partial charge in [0.05, 0.1) is 0 Å². The SMILES string of the molecule is C#CCCSC#CC#C[Si](C)(C)C. The van der Waals surface area contributed by atoms with Gasteiger partial charge >= 0.3 is 0 Å². The molecule has 2 heteroatoms. The Morgan fingerprint density at radius 3 is 2.46 bits per heavy atom. The molecular weight excluding hydrogens is 192 g/mol. The molecule has 0 aliphatic heterocycles. The second kappa shape index (κ2) is 6.73. The van der Waals surface area contributed by atoms with E-state index in [1.54, 1.807) is 0 Å². The highest BCUT2D eigenvalue weighted by Crippen LogP contribution is 1.98. The van der Waals surface area contributed by atoms with E-state index in [9.17, 15) is 0 Å². The van der Waals surface area contributed by atoms with Gasteiger partial charge in [0, 0.05) is 12.2 Å². The van der Waals surface area contributed by atoms with Crippen LogP contribution in [0.15, 0.2) is 0 Å². The number of hydrogen-bond donors (Lipinski definition) is 0. The fourth-order valence-electron chi connectivity index (χ4n) is 0.441. The molecule has 0 aromatic rings. The fourth-order valence-corrected chi connectivity index (χ4v) is 1.32. The zero-order valence-corrected chi connectivity index (χ0v) is 10.2. The van der Waals surface area contributed by atoms with E-state index in [4.69, 9.17) is 6.42 Å². The van der Waals surface area contributed by atoms with E-state index in [0.717, 1.165) is 12.2 Å². The Hall–Kier alpha value is -0.753. The van der Waals surface area contributed by atoms with Gasteiger partial charge in [-0.1, -0.05) is 31.4 Å². The molecule has 0 spiro atoms.